The van der Waals surface area contributed by atoms with Crippen molar-refractivity contribution >= 4 is 11.9 Å². The Hall–Kier alpha value is -3.22. The van der Waals surface area contributed by atoms with Crippen molar-refractivity contribution in [2.75, 3.05) is 6.61 Å². The molecule has 0 saturated carbocycles. The minimum Gasteiger partial charge on any atom is -0.462 e. The van der Waals surface area contributed by atoms with Crippen LogP contribution in [0.1, 0.15) is 233 Å². The highest BCUT2D eigenvalue weighted by Crippen LogP contribution is 2.17. The number of hydrogen-bond acceptors (Lipinski definition) is 5. The van der Waals surface area contributed by atoms with Crippen molar-refractivity contribution in [1.29, 1.82) is 0 Å². The first-order valence-corrected chi connectivity index (χ1v) is 26.5. The summed E-state index contributed by atoms with van der Waals surface area (Å²) in [5.74, 6) is -0.571. The van der Waals surface area contributed by atoms with Gasteiger partial charge < -0.3 is 20.3 Å². The van der Waals surface area contributed by atoms with E-state index in [2.05, 4.69) is 123 Å². The molecule has 0 fully saturated rings. The Balaban J connectivity index is 4.71. The molecule has 0 aliphatic heterocycles. The average Bonchev–Trinajstić information content (AvgIpc) is 3.29. The Morgan fingerprint density at radius 1 is 0.469 bits per heavy atom. The monoisotopic (exact) mass is 890 g/mol. The first-order valence-electron chi connectivity index (χ1n) is 26.5. The van der Waals surface area contributed by atoms with Crippen LogP contribution in [0.4, 0.5) is 0 Å². The average molecular weight is 890 g/mol. The number of carbonyl (C=O) groups excluding carboxylic acids is 2. The number of unbranched alkanes of at least 4 members (excludes halogenated alkanes) is 18. The molecule has 0 saturated heterocycles. The Kier molecular flexibility index (Phi) is 48.2. The zero-order valence-corrected chi connectivity index (χ0v) is 41.6. The van der Waals surface area contributed by atoms with Crippen LogP contribution in [0.25, 0.3) is 0 Å². The van der Waals surface area contributed by atoms with Crippen molar-refractivity contribution < 1.29 is 24.5 Å². The minimum atomic E-state index is -0.809. The summed E-state index contributed by atoms with van der Waals surface area (Å²) < 4.78 is 5.90. The minimum absolute atomic E-state index is 0.0348. The molecule has 64 heavy (non-hydrogen) atoms. The van der Waals surface area contributed by atoms with Gasteiger partial charge in [0.2, 0.25) is 5.91 Å². The summed E-state index contributed by atoms with van der Waals surface area (Å²) in [6.45, 7) is 6.24. The largest absolute Gasteiger partial charge is 0.462 e. The molecule has 0 rings (SSSR count). The molecule has 0 aromatic heterocycles. The second-order valence-corrected chi connectivity index (χ2v) is 17.5. The van der Waals surface area contributed by atoms with Gasteiger partial charge in [-0.1, -0.05) is 221 Å². The number of aliphatic hydroxyl groups excluding tert-OH is 2. The van der Waals surface area contributed by atoms with E-state index in [4.69, 9.17) is 4.74 Å². The molecule has 3 atom stereocenters. The molecular weight excluding hydrogens is 791 g/mol. The third-order valence-electron chi connectivity index (χ3n) is 11.4. The quantitative estimate of drug-likeness (QED) is 0.0321. The van der Waals surface area contributed by atoms with E-state index in [9.17, 15) is 19.8 Å². The van der Waals surface area contributed by atoms with Gasteiger partial charge in [0.1, 0.15) is 6.10 Å². The van der Waals surface area contributed by atoms with Gasteiger partial charge in [-0.15, -0.1) is 0 Å². The van der Waals surface area contributed by atoms with Crippen molar-refractivity contribution in [3.8, 4) is 0 Å². The van der Waals surface area contributed by atoms with Crippen LogP contribution in [0.2, 0.25) is 0 Å². The van der Waals surface area contributed by atoms with Crippen molar-refractivity contribution in [3.63, 3.8) is 0 Å². The van der Waals surface area contributed by atoms with Crippen molar-refractivity contribution in [3.05, 3.63) is 97.2 Å². The highest BCUT2D eigenvalue weighted by molar-refractivity contribution is 5.77. The van der Waals surface area contributed by atoms with Crippen LogP contribution in [0.15, 0.2) is 97.2 Å². The van der Waals surface area contributed by atoms with E-state index in [-0.39, 0.29) is 24.9 Å². The maximum atomic E-state index is 13.2. The molecule has 0 aliphatic rings. The molecule has 0 spiro atoms. The number of rotatable bonds is 46. The summed E-state index contributed by atoms with van der Waals surface area (Å²) in [7, 11) is 0. The van der Waals surface area contributed by atoms with Gasteiger partial charge in [-0.25, -0.2) is 0 Å². The molecule has 3 N–H and O–H groups in total. The van der Waals surface area contributed by atoms with Crippen molar-refractivity contribution in [2.45, 2.75) is 251 Å². The van der Waals surface area contributed by atoms with Crippen LogP contribution >= 0.6 is 0 Å². The second-order valence-electron chi connectivity index (χ2n) is 17.5. The lowest BCUT2D eigenvalue weighted by atomic mass is 10.0. The van der Waals surface area contributed by atoms with Crippen LogP contribution in [-0.4, -0.2) is 46.9 Å². The van der Waals surface area contributed by atoms with Gasteiger partial charge in [0.15, 0.2) is 0 Å². The molecule has 0 aromatic carbocycles. The van der Waals surface area contributed by atoms with Crippen LogP contribution in [0.5, 0.6) is 0 Å². The number of amides is 1. The lowest BCUT2D eigenvalue weighted by molar-refractivity contribution is -0.151. The van der Waals surface area contributed by atoms with E-state index >= 15 is 0 Å². The summed E-state index contributed by atoms with van der Waals surface area (Å²) >= 11 is 0. The third-order valence-corrected chi connectivity index (χ3v) is 11.4. The van der Waals surface area contributed by atoms with Crippen molar-refractivity contribution in [2.24, 2.45) is 0 Å². The number of aliphatic hydroxyl groups is 2. The fraction of sp³-hybridized carbons (Fsp3) is 0.690. The molecule has 0 bridgehead atoms. The Morgan fingerprint density at radius 2 is 0.844 bits per heavy atom. The highest BCUT2D eigenvalue weighted by Gasteiger charge is 2.24. The van der Waals surface area contributed by atoms with Crippen LogP contribution in [0.3, 0.4) is 0 Å². The van der Waals surface area contributed by atoms with Gasteiger partial charge in [0, 0.05) is 6.42 Å². The number of ether oxygens (including phenoxy) is 1. The molecule has 0 radical (unpaired) electrons. The molecule has 6 heteroatoms. The maximum absolute atomic E-state index is 13.2. The zero-order valence-electron chi connectivity index (χ0n) is 41.6. The van der Waals surface area contributed by atoms with E-state index < -0.39 is 18.2 Å². The number of allylic oxidation sites excluding steroid dienone is 16. The molecule has 366 valence electrons. The maximum Gasteiger partial charge on any atom is 0.306 e. The number of hydrogen-bond donors (Lipinski definition) is 3. The van der Waals surface area contributed by atoms with Crippen LogP contribution in [-0.2, 0) is 14.3 Å². The Bertz CT molecular complexity index is 1270. The number of nitrogens with one attached hydrogen (secondary N) is 1. The van der Waals surface area contributed by atoms with Crippen LogP contribution < -0.4 is 5.32 Å². The predicted molar refractivity (Wildman–Crippen MR) is 277 cm³/mol. The first kappa shape index (κ1) is 60.8. The fourth-order valence-corrected chi connectivity index (χ4v) is 7.48. The van der Waals surface area contributed by atoms with Gasteiger partial charge in [-0.2, -0.15) is 0 Å². The molecule has 6 nitrogen and oxygen atoms in total. The van der Waals surface area contributed by atoms with Gasteiger partial charge in [0.25, 0.3) is 0 Å². The first-order chi connectivity index (χ1) is 31.5. The van der Waals surface area contributed by atoms with Crippen molar-refractivity contribution in [1.82, 2.24) is 5.32 Å². The summed E-state index contributed by atoms with van der Waals surface area (Å²) in [6.07, 6.45) is 67.5. The summed E-state index contributed by atoms with van der Waals surface area (Å²) in [6, 6.07) is -0.726. The van der Waals surface area contributed by atoms with E-state index in [1.165, 1.54) is 70.6 Å². The normalized spacial score (nSPS) is 14.0. The third kappa shape index (κ3) is 45.4. The molecule has 0 aliphatic carbocycles. The molecular formula is C58H99NO5. The molecule has 0 heterocycles. The highest BCUT2D eigenvalue weighted by atomic mass is 16.5. The van der Waals surface area contributed by atoms with Gasteiger partial charge in [0.05, 0.1) is 25.2 Å². The van der Waals surface area contributed by atoms with Gasteiger partial charge >= 0.3 is 5.97 Å². The van der Waals surface area contributed by atoms with E-state index in [1.54, 1.807) is 0 Å². The number of carbonyl (C=O) groups is 2. The Morgan fingerprint density at radius 3 is 1.28 bits per heavy atom. The lowest BCUT2D eigenvalue weighted by Crippen LogP contribution is -2.46. The SMILES string of the molecule is CC/C=C\C/C=C\C/C=C\C/C=C\C/C=C\CCCC(=O)OC(CCCCCC/C=C/C/C=C/C/C=C/CC)CC(=O)NC(CO)C(O)CCCCCCCCCCCCCCCC. The van der Waals surface area contributed by atoms with E-state index in [0.717, 1.165) is 109 Å². The predicted octanol–water partition coefficient (Wildman–Crippen LogP) is 16.1. The second kappa shape index (κ2) is 50.8. The zero-order chi connectivity index (χ0) is 46.7. The standard InChI is InChI=1S/C58H99NO5/c1-4-7-10-13-16-19-22-25-28-29-30-33-36-39-42-45-48-51-58(63)64-54(49-46-43-40-37-34-31-26-23-20-17-14-11-8-5-2)52-57(62)59-55(53-60)56(61)50-47-44-41-38-35-32-27-24-21-18-15-12-9-6-3/h7-8,10-11,16-17,19-20,25-26,28,30-31,33,39,42,54-56,60-61H,4-6,9,12-15,18,21-24,27,29,32,34-38,40-41,43-53H2,1-3H3,(H,59,62)/b10-7-,11-8+,19-16-,20-17+,28-25-,31-26+,33-30-,42-39-. The molecule has 1 amide bonds. The smallest absolute Gasteiger partial charge is 0.306 e. The number of esters is 1. The van der Waals surface area contributed by atoms with Crippen LogP contribution in [0, 0.1) is 0 Å². The summed E-state index contributed by atoms with van der Waals surface area (Å²) in [5.41, 5.74) is 0. The Labute approximate surface area is 395 Å². The fourth-order valence-electron chi connectivity index (χ4n) is 7.48. The lowest BCUT2D eigenvalue weighted by Gasteiger charge is -2.24. The van der Waals surface area contributed by atoms with Gasteiger partial charge in [-0.3, -0.25) is 9.59 Å². The van der Waals surface area contributed by atoms with E-state index in [1.807, 2.05) is 0 Å². The molecule has 3 unspecified atom stereocenters. The van der Waals surface area contributed by atoms with E-state index in [0.29, 0.717) is 25.7 Å². The van der Waals surface area contributed by atoms with Gasteiger partial charge in [-0.05, 0) is 96.3 Å². The summed E-state index contributed by atoms with van der Waals surface area (Å²) in [5, 5.41) is 23.8. The molecule has 0 aromatic rings. The summed E-state index contributed by atoms with van der Waals surface area (Å²) in [4.78, 5) is 26.2. The topological polar surface area (TPSA) is 95.9 Å².